The number of amides is 1. The van der Waals surface area contributed by atoms with Crippen molar-refractivity contribution < 1.29 is 18.0 Å². The van der Waals surface area contributed by atoms with Gasteiger partial charge in [-0.15, -0.1) is 0 Å². The Morgan fingerprint density at radius 3 is 2.25 bits per heavy atom. The van der Waals surface area contributed by atoms with Crippen LogP contribution in [0.25, 0.3) is 5.69 Å². The number of Topliss-reactive ketones (excluding diaryl/α,β-unsaturated/α-hetero) is 1. The lowest BCUT2D eigenvalue weighted by molar-refractivity contribution is 0.0691. The Labute approximate surface area is 187 Å². The fourth-order valence-corrected chi connectivity index (χ4v) is 5.20. The van der Waals surface area contributed by atoms with Crippen LogP contribution in [-0.2, 0) is 10.0 Å². The van der Waals surface area contributed by atoms with Crippen LogP contribution in [0, 0.1) is 6.92 Å². The Morgan fingerprint density at radius 1 is 0.906 bits per heavy atom. The number of hydrogen-bond acceptors (Lipinski definition) is 5. The summed E-state index contributed by atoms with van der Waals surface area (Å²) in [5.74, 6) is -0.416. The van der Waals surface area contributed by atoms with Crippen LogP contribution in [0.2, 0.25) is 0 Å². The van der Waals surface area contributed by atoms with Gasteiger partial charge in [0.25, 0.3) is 5.91 Å². The SMILES string of the molecule is CC(=O)c1cccc(S(=O)(=O)N2CCN(C(=O)c3cc(C)n(-c4ccccc4)n3)CC2)c1. The number of carbonyl (C=O) groups is 2. The van der Waals surface area contributed by atoms with Gasteiger partial charge >= 0.3 is 0 Å². The number of ketones is 1. The van der Waals surface area contributed by atoms with Crippen molar-refractivity contribution >= 4 is 21.7 Å². The van der Waals surface area contributed by atoms with Gasteiger partial charge in [0, 0.05) is 37.4 Å². The second-order valence-corrected chi connectivity index (χ2v) is 9.64. The third kappa shape index (κ3) is 4.21. The summed E-state index contributed by atoms with van der Waals surface area (Å²) in [6.07, 6.45) is 0. The van der Waals surface area contributed by atoms with Crippen LogP contribution >= 0.6 is 0 Å². The van der Waals surface area contributed by atoms with Crippen molar-refractivity contribution in [2.75, 3.05) is 26.2 Å². The molecule has 1 amide bonds. The van der Waals surface area contributed by atoms with E-state index in [-0.39, 0.29) is 42.8 Å². The highest BCUT2D eigenvalue weighted by Gasteiger charge is 2.31. The highest BCUT2D eigenvalue weighted by Crippen LogP contribution is 2.20. The Bertz CT molecular complexity index is 1260. The molecule has 166 valence electrons. The number of sulfonamides is 1. The zero-order valence-corrected chi connectivity index (χ0v) is 18.7. The number of piperazine rings is 1. The van der Waals surface area contributed by atoms with Crippen LogP contribution in [0.15, 0.2) is 65.6 Å². The van der Waals surface area contributed by atoms with E-state index in [1.807, 2.05) is 37.3 Å². The van der Waals surface area contributed by atoms with E-state index in [1.54, 1.807) is 27.8 Å². The Kier molecular flexibility index (Phi) is 5.94. The second kappa shape index (κ2) is 8.68. The minimum atomic E-state index is -3.75. The van der Waals surface area contributed by atoms with Crippen LogP contribution in [0.4, 0.5) is 0 Å². The van der Waals surface area contributed by atoms with E-state index in [0.717, 1.165) is 11.4 Å². The molecule has 1 aromatic heterocycles. The number of nitrogens with zero attached hydrogens (tertiary/aromatic N) is 4. The molecule has 2 aromatic carbocycles. The van der Waals surface area contributed by atoms with Gasteiger partial charge in [0.05, 0.1) is 10.6 Å². The van der Waals surface area contributed by atoms with E-state index >= 15 is 0 Å². The molecule has 1 saturated heterocycles. The highest BCUT2D eigenvalue weighted by atomic mass is 32.2. The van der Waals surface area contributed by atoms with E-state index in [9.17, 15) is 18.0 Å². The van der Waals surface area contributed by atoms with E-state index in [1.165, 1.54) is 23.4 Å². The van der Waals surface area contributed by atoms with Gasteiger partial charge in [0.2, 0.25) is 10.0 Å². The minimum Gasteiger partial charge on any atom is -0.335 e. The molecule has 0 unspecified atom stereocenters. The maximum Gasteiger partial charge on any atom is 0.274 e. The third-order valence-electron chi connectivity index (χ3n) is 5.51. The lowest BCUT2D eigenvalue weighted by Crippen LogP contribution is -2.50. The first kappa shape index (κ1) is 21.9. The number of benzene rings is 2. The molecule has 4 rings (SSSR count). The normalized spacial score (nSPS) is 15.0. The van der Waals surface area contributed by atoms with Crippen molar-refractivity contribution in [1.29, 1.82) is 0 Å². The van der Waals surface area contributed by atoms with E-state index in [0.29, 0.717) is 11.3 Å². The Morgan fingerprint density at radius 2 is 1.59 bits per heavy atom. The topological polar surface area (TPSA) is 92.6 Å². The van der Waals surface area contributed by atoms with Gasteiger partial charge in [0.1, 0.15) is 0 Å². The largest absolute Gasteiger partial charge is 0.335 e. The van der Waals surface area contributed by atoms with Crippen LogP contribution in [0.1, 0.15) is 33.5 Å². The average Bonchev–Trinajstić information content (AvgIpc) is 3.21. The Hall–Kier alpha value is -3.30. The van der Waals surface area contributed by atoms with Crippen molar-refractivity contribution in [2.45, 2.75) is 18.7 Å². The molecule has 0 aliphatic carbocycles. The molecule has 0 N–H and O–H groups in total. The number of rotatable bonds is 5. The summed E-state index contributed by atoms with van der Waals surface area (Å²) in [5.41, 5.74) is 2.39. The van der Waals surface area contributed by atoms with Crippen LogP contribution < -0.4 is 0 Å². The molecule has 2 heterocycles. The number of para-hydroxylation sites is 1. The minimum absolute atomic E-state index is 0.0854. The zero-order valence-electron chi connectivity index (χ0n) is 17.9. The first-order valence-corrected chi connectivity index (χ1v) is 11.7. The molecular weight excluding hydrogens is 428 g/mol. The van der Waals surface area contributed by atoms with E-state index in [4.69, 9.17) is 0 Å². The molecule has 1 fully saturated rings. The number of aromatic nitrogens is 2. The maximum atomic E-state index is 13.0. The van der Waals surface area contributed by atoms with E-state index in [2.05, 4.69) is 5.10 Å². The van der Waals surface area contributed by atoms with Gasteiger partial charge in [-0.1, -0.05) is 30.3 Å². The van der Waals surface area contributed by atoms with Crippen molar-refractivity contribution in [3.05, 3.63) is 77.6 Å². The van der Waals surface area contributed by atoms with Gasteiger partial charge < -0.3 is 4.90 Å². The molecule has 32 heavy (non-hydrogen) atoms. The molecule has 1 aliphatic heterocycles. The molecule has 0 radical (unpaired) electrons. The maximum absolute atomic E-state index is 13.0. The summed E-state index contributed by atoms with van der Waals surface area (Å²) < 4.78 is 29.1. The molecule has 0 bridgehead atoms. The number of hydrogen-bond donors (Lipinski definition) is 0. The molecule has 9 heteroatoms. The summed E-state index contributed by atoms with van der Waals surface area (Å²) in [4.78, 5) is 26.3. The summed E-state index contributed by atoms with van der Waals surface area (Å²) >= 11 is 0. The smallest absolute Gasteiger partial charge is 0.274 e. The number of aryl methyl sites for hydroxylation is 1. The predicted octanol–water partition coefficient (Wildman–Crippen LogP) is 2.53. The first-order chi connectivity index (χ1) is 15.3. The second-order valence-electron chi connectivity index (χ2n) is 7.70. The van der Waals surface area contributed by atoms with Gasteiger partial charge in [-0.05, 0) is 44.2 Å². The Balaban J connectivity index is 1.46. The van der Waals surface area contributed by atoms with Crippen LogP contribution in [0.3, 0.4) is 0 Å². The summed E-state index contributed by atoms with van der Waals surface area (Å²) in [6, 6.07) is 17.3. The van der Waals surface area contributed by atoms with E-state index < -0.39 is 10.0 Å². The quantitative estimate of drug-likeness (QED) is 0.555. The van der Waals surface area contributed by atoms with Crippen molar-refractivity contribution in [3.63, 3.8) is 0 Å². The lowest BCUT2D eigenvalue weighted by Gasteiger charge is -2.33. The summed E-state index contributed by atoms with van der Waals surface area (Å²) in [7, 11) is -3.75. The average molecular weight is 453 g/mol. The van der Waals surface area contributed by atoms with Crippen molar-refractivity contribution in [2.24, 2.45) is 0 Å². The van der Waals surface area contributed by atoms with Crippen molar-refractivity contribution in [1.82, 2.24) is 19.0 Å². The monoisotopic (exact) mass is 452 g/mol. The molecule has 0 atom stereocenters. The van der Waals surface area contributed by atoms with Gasteiger partial charge in [0.15, 0.2) is 11.5 Å². The van der Waals surface area contributed by atoms with Crippen LogP contribution in [0.5, 0.6) is 0 Å². The van der Waals surface area contributed by atoms with Crippen molar-refractivity contribution in [3.8, 4) is 5.69 Å². The predicted molar refractivity (Wildman–Crippen MR) is 119 cm³/mol. The summed E-state index contributed by atoms with van der Waals surface area (Å²) in [5, 5.41) is 4.46. The third-order valence-corrected chi connectivity index (χ3v) is 7.41. The number of carbonyl (C=O) groups excluding carboxylic acids is 2. The fourth-order valence-electron chi connectivity index (χ4n) is 3.73. The van der Waals surface area contributed by atoms with Crippen LogP contribution in [-0.4, -0.2) is 65.3 Å². The first-order valence-electron chi connectivity index (χ1n) is 10.3. The van der Waals surface area contributed by atoms with Gasteiger partial charge in [-0.25, -0.2) is 13.1 Å². The highest BCUT2D eigenvalue weighted by molar-refractivity contribution is 7.89. The zero-order chi connectivity index (χ0) is 22.9. The molecule has 3 aromatic rings. The molecular formula is C23H24N4O4S. The molecule has 8 nitrogen and oxygen atoms in total. The molecule has 0 saturated carbocycles. The standard InChI is InChI=1S/C23H24N4O4S/c1-17-15-22(24-27(17)20-8-4-3-5-9-20)23(29)25-11-13-26(14-12-25)32(30,31)21-10-6-7-19(16-21)18(2)28/h3-10,15-16H,11-14H2,1-2H3. The molecule has 0 spiro atoms. The molecule has 1 aliphatic rings. The van der Waals surface area contributed by atoms with Gasteiger partial charge in [-0.2, -0.15) is 9.40 Å². The fraction of sp³-hybridized carbons (Fsp3) is 0.261. The van der Waals surface area contributed by atoms with Gasteiger partial charge in [-0.3, -0.25) is 9.59 Å². The summed E-state index contributed by atoms with van der Waals surface area (Å²) in [6.45, 7) is 4.17. The lowest BCUT2D eigenvalue weighted by atomic mass is 10.2.